The molecule has 302 valence electrons. The SMILES string of the molecule is CC(C)NC(=O)[C@H]([C@@H](C)O)N1C(=O)C2(CCC(C)N2C(=O)OC(C)(C)C)C1C.CC1CCC2(C(=O)N([C@H](C(=O)O)[C@@H](C)O)C2C)N1C(=O)OC(C)(C)C. The Morgan fingerprint density at radius 3 is 1.30 bits per heavy atom. The van der Waals surface area contributed by atoms with Crippen LogP contribution in [0.4, 0.5) is 9.59 Å². The molecule has 0 saturated carbocycles. The summed E-state index contributed by atoms with van der Waals surface area (Å²) in [4.78, 5) is 81.6. The molecule has 16 nitrogen and oxygen atoms in total. The van der Waals surface area contributed by atoms with E-state index in [4.69, 9.17) is 9.47 Å². The number of aliphatic carboxylic acids is 1. The molecule has 0 bridgehead atoms. The van der Waals surface area contributed by atoms with Crippen LogP contribution in [0.15, 0.2) is 0 Å². The van der Waals surface area contributed by atoms with Gasteiger partial charge in [-0.1, -0.05) is 0 Å². The van der Waals surface area contributed by atoms with E-state index >= 15 is 0 Å². The van der Waals surface area contributed by atoms with Gasteiger partial charge in [-0.2, -0.15) is 0 Å². The highest BCUT2D eigenvalue weighted by atomic mass is 16.6. The number of amides is 5. The van der Waals surface area contributed by atoms with E-state index in [1.165, 1.54) is 28.5 Å². The highest BCUT2D eigenvalue weighted by Crippen LogP contribution is 2.49. The number of rotatable bonds is 7. The van der Waals surface area contributed by atoms with Gasteiger partial charge in [0.25, 0.3) is 11.8 Å². The second-order valence-electron chi connectivity index (χ2n) is 17.5. The fraction of sp³-hybridized carbons (Fsp3) is 0.838. The Hall–Kier alpha value is -3.66. The van der Waals surface area contributed by atoms with Crippen LogP contribution < -0.4 is 5.32 Å². The molecule has 4 heterocycles. The van der Waals surface area contributed by atoms with E-state index < -0.39 is 88.6 Å². The van der Waals surface area contributed by atoms with E-state index in [-0.39, 0.29) is 24.0 Å². The summed E-state index contributed by atoms with van der Waals surface area (Å²) in [6.07, 6.45) is -1.04. The predicted octanol–water partition coefficient (Wildman–Crippen LogP) is 2.86. The van der Waals surface area contributed by atoms with Crippen molar-refractivity contribution in [3.05, 3.63) is 0 Å². The molecule has 0 radical (unpaired) electrons. The van der Waals surface area contributed by atoms with Gasteiger partial charge in [-0.25, -0.2) is 14.4 Å². The maximum atomic E-state index is 13.3. The Morgan fingerprint density at radius 1 is 0.698 bits per heavy atom. The minimum absolute atomic E-state index is 0.112. The van der Waals surface area contributed by atoms with E-state index in [9.17, 15) is 44.1 Å². The summed E-state index contributed by atoms with van der Waals surface area (Å²) >= 11 is 0. The van der Waals surface area contributed by atoms with Crippen molar-refractivity contribution >= 4 is 35.9 Å². The van der Waals surface area contributed by atoms with Gasteiger partial charge in [-0.05, 0) is 123 Å². The van der Waals surface area contributed by atoms with Gasteiger partial charge in [0, 0.05) is 18.1 Å². The zero-order valence-electron chi connectivity index (χ0n) is 33.9. The maximum Gasteiger partial charge on any atom is 0.411 e. The number of carbonyl (C=O) groups is 6. The molecule has 2 spiro atoms. The zero-order valence-corrected chi connectivity index (χ0v) is 33.9. The number of hydrogen-bond acceptors (Lipinski definition) is 10. The summed E-state index contributed by atoms with van der Waals surface area (Å²) in [5.41, 5.74) is -3.48. The maximum absolute atomic E-state index is 13.3. The third-order valence-electron chi connectivity index (χ3n) is 10.7. The van der Waals surface area contributed by atoms with Crippen LogP contribution in [0.5, 0.6) is 0 Å². The summed E-state index contributed by atoms with van der Waals surface area (Å²) in [6, 6.07) is -3.69. The quantitative estimate of drug-likeness (QED) is 0.278. The van der Waals surface area contributed by atoms with Crippen molar-refractivity contribution in [2.24, 2.45) is 0 Å². The van der Waals surface area contributed by atoms with E-state index in [0.29, 0.717) is 25.7 Å². The van der Waals surface area contributed by atoms with Gasteiger partial charge in [-0.3, -0.25) is 24.2 Å². The molecule has 0 aliphatic carbocycles. The molecule has 53 heavy (non-hydrogen) atoms. The van der Waals surface area contributed by atoms with E-state index in [1.54, 1.807) is 53.4 Å². The van der Waals surface area contributed by atoms with Crippen LogP contribution in [0.2, 0.25) is 0 Å². The van der Waals surface area contributed by atoms with Crippen molar-refractivity contribution in [3.63, 3.8) is 0 Å². The molecule has 4 N–H and O–H groups in total. The Morgan fingerprint density at radius 2 is 1.04 bits per heavy atom. The molecule has 4 saturated heterocycles. The van der Waals surface area contributed by atoms with Gasteiger partial charge in [-0.15, -0.1) is 0 Å². The second kappa shape index (κ2) is 15.2. The average Bonchev–Trinajstić information content (AvgIpc) is 3.55. The van der Waals surface area contributed by atoms with Crippen molar-refractivity contribution in [3.8, 4) is 0 Å². The minimum atomic E-state index is -1.33. The molecule has 6 unspecified atom stereocenters. The van der Waals surface area contributed by atoms with Crippen LogP contribution in [0.25, 0.3) is 0 Å². The number of nitrogens with zero attached hydrogens (tertiary/aromatic N) is 4. The third-order valence-corrected chi connectivity index (χ3v) is 10.7. The predicted molar refractivity (Wildman–Crippen MR) is 193 cm³/mol. The van der Waals surface area contributed by atoms with Gasteiger partial charge in [0.05, 0.1) is 24.3 Å². The molecule has 0 aromatic carbocycles. The number of hydrogen-bond donors (Lipinski definition) is 4. The molecule has 0 aromatic rings. The number of carboxylic acids is 1. The third kappa shape index (κ3) is 7.94. The van der Waals surface area contributed by atoms with Gasteiger partial charge in [0.2, 0.25) is 5.91 Å². The second-order valence-corrected chi connectivity index (χ2v) is 17.5. The highest BCUT2D eigenvalue weighted by molar-refractivity contribution is 6.01. The van der Waals surface area contributed by atoms with Crippen molar-refractivity contribution in [1.29, 1.82) is 0 Å². The summed E-state index contributed by atoms with van der Waals surface area (Å²) in [7, 11) is 0. The lowest BCUT2D eigenvalue weighted by atomic mass is 9.75. The number of ether oxygens (including phenoxy) is 2. The number of β-lactam (4-membered cyclic amide) rings is 2. The average molecular weight is 754 g/mol. The lowest BCUT2D eigenvalue weighted by molar-refractivity contribution is -0.188. The Labute approximate surface area is 313 Å². The lowest BCUT2D eigenvalue weighted by Gasteiger charge is -2.59. The first-order valence-electron chi connectivity index (χ1n) is 18.7. The zero-order chi connectivity index (χ0) is 40.9. The molecule has 4 fully saturated rings. The van der Waals surface area contributed by atoms with Crippen LogP contribution in [-0.2, 0) is 28.7 Å². The first kappa shape index (κ1) is 43.7. The molecule has 10 atom stereocenters. The topological polar surface area (TPSA) is 207 Å². The Bertz CT molecular complexity index is 1440. The number of aliphatic hydroxyl groups excluding tert-OH is 2. The molecular formula is C37H63N5O11. The van der Waals surface area contributed by atoms with Crippen LogP contribution in [0.3, 0.4) is 0 Å². The molecule has 4 aliphatic heterocycles. The number of carbonyl (C=O) groups excluding carboxylic acids is 5. The van der Waals surface area contributed by atoms with Gasteiger partial charge in [0.1, 0.15) is 28.3 Å². The van der Waals surface area contributed by atoms with E-state index in [1.807, 2.05) is 34.6 Å². The molecule has 0 aromatic heterocycles. The molecule has 5 amide bonds. The van der Waals surface area contributed by atoms with Crippen LogP contribution in [0, 0.1) is 0 Å². The number of carboxylic acid groups (broad SMARTS) is 1. The summed E-state index contributed by atoms with van der Waals surface area (Å²) in [5, 5.41) is 32.1. The Balaban J connectivity index is 0.000000287. The summed E-state index contributed by atoms with van der Waals surface area (Å²) in [5.74, 6) is -2.40. The van der Waals surface area contributed by atoms with Crippen LogP contribution in [0.1, 0.15) is 123 Å². The summed E-state index contributed by atoms with van der Waals surface area (Å²) < 4.78 is 11.0. The van der Waals surface area contributed by atoms with Gasteiger partial charge < -0.3 is 39.9 Å². The number of nitrogens with one attached hydrogen (secondary N) is 1. The van der Waals surface area contributed by atoms with Gasteiger partial charge >= 0.3 is 18.2 Å². The molecule has 4 aliphatic rings. The number of aliphatic hydroxyl groups is 2. The normalized spacial score (nSPS) is 30.7. The van der Waals surface area contributed by atoms with Gasteiger partial charge in [0.15, 0.2) is 6.04 Å². The largest absolute Gasteiger partial charge is 0.480 e. The van der Waals surface area contributed by atoms with Crippen molar-refractivity contribution in [1.82, 2.24) is 24.9 Å². The molecular weight excluding hydrogens is 690 g/mol. The first-order valence-corrected chi connectivity index (χ1v) is 18.7. The van der Waals surface area contributed by atoms with Crippen molar-refractivity contribution in [2.45, 2.75) is 199 Å². The Kier molecular flexibility index (Phi) is 12.6. The summed E-state index contributed by atoms with van der Waals surface area (Å²) in [6.45, 7) is 24.4. The van der Waals surface area contributed by atoms with Crippen molar-refractivity contribution in [2.75, 3.05) is 0 Å². The van der Waals surface area contributed by atoms with Crippen molar-refractivity contribution < 1.29 is 53.6 Å². The number of likely N-dealkylation sites (tertiary alicyclic amines) is 4. The first-order chi connectivity index (χ1) is 24.1. The van der Waals surface area contributed by atoms with E-state index in [2.05, 4.69) is 5.32 Å². The standard InChI is InChI=1S/C20H35N3O5.C17H28N2O6/c1-11(2)21-16(25)15(13(4)24)22-14(5)20(17(22)26)10-9-12(3)23(20)18(27)28-19(6,7)8;1-9-7-8-17(19(9)15(24)25-16(4,5)6)11(3)18(14(17)23)12(10(2)20)13(21)22/h11-15,24H,9-10H2,1-8H3,(H,21,25);9-12,20H,7-8H2,1-6H3,(H,21,22)/t12?,13-,14?,15+,20?;9?,10-,11?,12+,17?/m11/s1. The monoisotopic (exact) mass is 753 g/mol. The lowest BCUT2D eigenvalue weighted by Crippen LogP contribution is -2.82. The fourth-order valence-corrected chi connectivity index (χ4v) is 8.42. The van der Waals surface area contributed by atoms with Crippen LogP contribution in [-0.4, -0.2) is 148 Å². The molecule has 16 heteroatoms. The highest BCUT2D eigenvalue weighted by Gasteiger charge is 2.70. The minimum Gasteiger partial charge on any atom is -0.480 e. The van der Waals surface area contributed by atoms with E-state index in [0.717, 1.165) is 0 Å². The van der Waals surface area contributed by atoms with Crippen LogP contribution >= 0.6 is 0 Å². The fourth-order valence-electron chi connectivity index (χ4n) is 8.42. The molecule has 4 rings (SSSR count). The smallest absolute Gasteiger partial charge is 0.411 e.